The molecule has 4 rings (SSSR count). The highest BCUT2D eigenvalue weighted by Gasteiger charge is 2.75. The van der Waals surface area contributed by atoms with Gasteiger partial charge in [0.15, 0.2) is 0 Å². The Balaban J connectivity index is 1.80. The van der Waals surface area contributed by atoms with E-state index in [2.05, 4.69) is 13.2 Å². The lowest BCUT2D eigenvalue weighted by Crippen LogP contribution is -2.58. The number of halogens is 1. The Morgan fingerprint density at radius 2 is 2.05 bits per heavy atom. The number of para-hydroxylation sites is 1. The van der Waals surface area contributed by atoms with Gasteiger partial charge in [0.25, 0.3) is 5.91 Å². The number of nitrogens with zero attached hydrogens (tertiary/aromatic N) is 2. The number of likely N-dealkylation sites (tertiary alicyclic amines) is 1. The van der Waals surface area contributed by atoms with Crippen molar-refractivity contribution >= 4 is 46.8 Å². The number of carbonyl (C=O) groups is 3. The Bertz CT molecular complexity index is 1080. The monoisotopic (exact) mass is 546 g/mol. The van der Waals surface area contributed by atoms with Crippen molar-refractivity contribution in [2.75, 3.05) is 24.7 Å². The molecular weight excluding hydrogens is 512 g/mol. The topological polar surface area (TPSA) is 87.2 Å². The number of hydrogen-bond donors (Lipinski definition) is 1. The van der Waals surface area contributed by atoms with Gasteiger partial charge in [-0.1, -0.05) is 49.7 Å². The molecule has 1 N–H and O–H groups in total. The number of carbonyl (C=O) groups excluding carboxylic acids is 3. The van der Waals surface area contributed by atoms with E-state index in [1.54, 1.807) is 58.0 Å². The minimum atomic E-state index is -0.859. The van der Waals surface area contributed by atoms with E-state index >= 15 is 0 Å². The van der Waals surface area contributed by atoms with Crippen molar-refractivity contribution in [3.8, 4) is 0 Å². The van der Waals surface area contributed by atoms with Crippen LogP contribution in [0.2, 0.25) is 5.02 Å². The molecule has 1 aromatic rings. The third-order valence-corrected chi connectivity index (χ3v) is 10.1. The van der Waals surface area contributed by atoms with Gasteiger partial charge in [0.1, 0.15) is 6.04 Å². The van der Waals surface area contributed by atoms with Gasteiger partial charge in [-0.25, -0.2) is 0 Å². The summed E-state index contributed by atoms with van der Waals surface area (Å²) < 4.78 is 4.75. The average molecular weight is 547 g/mol. The normalized spacial score (nSPS) is 28.8. The van der Waals surface area contributed by atoms with Crippen molar-refractivity contribution < 1.29 is 24.2 Å². The predicted molar refractivity (Wildman–Crippen MR) is 146 cm³/mol. The van der Waals surface area contributed by atoms with E-state index in [9.17, 15) is 19.5 Å². The summed E-state index contributed by atoms with van der Waals surface area (Å²) in [4.78, 5) is 45.1. The standard InChI is InChI=1S/C28H35ClN2O5S/c1-5-7-15-36-27(35)22-21-12-13-28(37-21)23(22)25(33)31(20(16-32)17(3)4)24(28)26(34)30(14-6-2)19-11-9-8-10-18(19)29/h5-6,8-11,17,20-24,32H,1-2,7,12-16H2,3-4H3/t20-,21-,22+,23-,24?,28?/m0/s1. The van der Waals surface area contributed by atoms with Crippen LogP contribution in [0.4, 0.5) is 5.69 Å². The molecule has 3 fully saturated rings. The summed E-state index contributed by atoms with van der Waals surface area (Å²) in [6.45, 7) is 11.5. The molecule has 2 unspecified atom stereocenters. The number of aliphatic hydroxyl groups is 1. The molecule has 6 atom stereocenters. The molecule has 0 saturated carbocycles. The molecule has 2 bridgehead atoms. The molecule has 37 heavy (non-hydrogen) atoms. The van der Waals surface area contributed by atoms with Crippen molar-refractivity contribution in [1.82, 2.24) is 4.90 Å². The van der Waals surface area contributed by atoms with Gasteiger partial charge in [-0.05, 0) is 37.3 Å². The fraction of sp³-hybridized carbons (Fsp3) is 0.536. The van der Waals surface area contributed by atoms with Crippen molar-refractivity contribution in [3.63, 3.8) is 0 Å². The molecule has 3 heterocycles. The molecule has 3 aliphatic heterocycles. The molecule has 9 heteroatoms. The Morgan fingerprint density at radius 3 is 2.68 bits per heavy atom. The number of ether oxygens (including phenoxy) is 1. The first-order valence-corrected chi connectivity index (χ1v) is 14.0. The summed E-state index contributed by atoms with van der Waals surface area (Å²) in [6, 6.07) is 5.65. The van der Waals surface area contributed by atoms with Gasteiger partial charge in [0, 0.05) is 11.8 Å². The van der Waals surface area contributed by atoms with Crippen LogP contribution < -0.4 is 4.90 Å². The third-order valence-electron chi connectivity index (χ3n) is 7.85. The second-order valence-corrected chi connectivity index (χ2v) is 12.2. The Morgan fingerprint density at radius 1 is 1.32 bits per heavy atom. The maximum absolute atomic E-state index is 14.5. The van der Waals surface area contributed by atoms with Crippen LogP contribution in [0.25, 0.3) is 0 Å². The summed E-state index contributed by atoms with van der Waals surface area (Å²) in [5, 5.41) is 10.7. The molecule has 1 aromatic carbocycles. The molecule has 0 aromatic heterocycles. The van der Waals surface area contributed by atoms with Crippen LogP contribution in [-0.4, -0.2) is 69.6 Å². The van der Waals surface area contributed by atoms with Crippen molar-refractivity contribution in [3.05, 3.63) is 54.6 Å². The zero-order valence-electron chi connectivity index (χ0n) is 21.3. The second kappa shape index (κ2) is 11.2. The molecule has 3 saturated heterocycles. The molecule has 7 nitrogen and oxygen atoms in total. The van der Waals surface area contributed by atoms with Gasteiger partial charge in [0.05, 0.1) is 46.5 Å². The molecule has 200 valence electrons. The second-order valence-electron chi connectivity index (χ2n) is 10.2. The first kappa shape index (κ1) is 27.7. The van der Waals surface area contributed by atoms with Crippen LogP contribution >= 0.6 is 23.4 Å². The van der Waals surface area contributed by atoms with E-state index in [4.69, 9.17) is 16.3 Å². The van der Waals surface area contributed by atoms with Gasteiger partial charge in [-0.3, -0.25) is 14.4 Å². The number of amides is 2. The van der Waals surface area contributed by atoms with Gasteiger partial charge >= 0.3 is 5.97 Å². The largest absolute Gasteiger partial charge is 0.465 e. The fourth-order valence-corrected chi connectivity index (χ4v) is 8.63. The fourth-order valence-electron chi connectivity index (χ4n) is 6.21. The Labute approximate surface area is 227 Å². The third kappa shape index (κ3) is 4.61. The summed E-state index contributed by atoms with van der Waals surface area (Å²) in [6.07, 6.45) is 5.18. The van der Waals surface area contributed by atoms with Crippen LogP contribution in [0.1, 0.15) is 33.1 Å². The van der Waals surface area contributed by atoms with Crippen molar-refractivity contribution in [1.29, 1.82) is 0 Å². The first-order chi connectivity index (χ1) is 17.7. The first-order valence-electron chi connectivity index (χ1n) is 12.8. The van der Waals surface area contributed by atoms with E-state index in [0.717, 1.165) is 0 Å². The van der Waals surface area contributed by atoms with Gasteiger partial charge in [-0.15, -0.1) is 24.9 Å². The molecule has 0 aliphatic carbocycles. The molecule has 0 radical (unpaired) electrons. The highest BCUT2D eigenvalue weighted by atomic mass is 35.5. The number of thioether (sulfide) groups is 1. The van der Waals surface area contributed by atoms with Crippen LogP contribution in [-0.2, 0) is 19.1 Å². The smallest absolute Gasteiger partial charge is 0.310 e. The van der Waals surface area contributed by atoms with Crippen molar-refractivity contribution in [2.45, 2.75) is 55.2 Å². The molecule has 2 amide bonds. The lowest BCUT2D eigenvalue weighted by Gasteiger charge is -2.40. The molecule has 1 spiro atoms. The zero-order valence-corrected chi connectivity index (χ0v) is 22.9. The zero-order chi connectivity index (χ0) is 26.9. The minimum absolute atomic E-state index is 0.0950. The number of fused-ring (bicyclic) bond motifs is 1. The summed E-state index contributed by atoms with van der Waals surface area (Å²) in [7, 11) is 0. The molecular formula is C28H35ClN2O5S. The highest BCUT2D eigenvalue weighted by Crippen LogP contribution is 2.67. The number of anilines is 1. The predicted octanol–water partition coefficient (Wildman–Crippen LogP) is 4.09. The van der Waals surface area contributed by atoms with E-state index < -0.39 is 34.6 Å². The van der Waals surface area contributed by atoms with E-state index in [1.165, 1.54) is 0 Å². The van der Waals surface area contributed by atoms with Gasteiger partial charge in [0.2, 0.25) is 5.91 Å². The lowest BCUT2D eigenvalue weighted by molar-refractivity contribution is -0.154. The lowest BCUT2D eigenvalue weighted by atomic mass is 9.71. The van der Waals surface area contributed by atoms with Crippen LogP contribution in [0, 0.1) is 17.8 Å². The number of benzene rings is 1. The summed E-state index contributed by atoms with van der Waals surface area (Å²) >= 11 is 8.07. The van der Waals surface area contributed by atoms with Gasteiger partial charge < -0.3 is 19.6 Å². The van der Waals surface area contributed by atoms with Crippen LogP contribution in [0.15, 0.2) is 49.6 Å². The minimum Gasteiger partial charge on any atom is -0.465 e. The highest BCUT2D eigenvalue weighted by molar-refractivity contribution is 8.02. The maximum atomic E-state index is 14.5. The number of hydrogen-bond acceptors (Lipinski definition) is 6. The summed E-state index contributed by atoms with van der Waals surface area (Å²) in [5.41, 5.74) is 0.532. The Hall–Kier alpha value is -2.29. The number of rotatable bonds is 11. The number of aliphatic hydroxyl groups excluding tert-OH is 1. The Kier molecular flexibility index (Phi) is 8.41. The molecule has 3 aliphatic rings. The van der Waals surface area contributed by atoms with Crippen molar-refractivity contribution in [2.24, 2.45) is 17.8 Å². The van der Waals surface area contributed by atoms with E-state index in [-0.39, 0.29) is 42.7 Å². The SMILES string of the molecule is C=CCCOC(=O)[C@@H]1[C@@H]2CCC3(S2)C(C(=O)N(CC=C)c2ccccc2Cl)N([C@@H](CO)C(C)C)C(=O)[C@H]13. The van der Waals surface area contributed by atoms with Crippen LogP contribution in [0.3, 0.4) is 0 Å². The van der Waals surface area contributed by atoms with Gasteiger partial charge in [-0.2, -0.15) is 0 Å². The van der Waals surface area contributed by atoms with Crippen LogP contribution in [0.5, 0.6) is 0 Å². The summed E-state index contributed by atoms with van der Waals surface area (Å²) in [5.74, 6) is -2.36. The maximum Gasteiger partial charge on any atom is 0.310 e. The average Bonchev–Trinajstić information content (AvgIpc) is 3.51. The quantitative estimate of drug-likeness (QED) is 0.256. The number of esters is 1. The van der Waals surface area contributed by atoms with E-state index in [0.29, 0.717) is 30.0 Å². The van der Waals surface area contributed by atoms with E-state index in [1.807, 2.05) is 13.8 Å².